The predicted octanol–water partition coefficient (Wildman–Crippen LogP) is 2.37. The van der Waals surface area contributed by atoms with Gasteiger partial charge >= 0.3 is 12.0 Å². The summed E-state index contributed by atoms with van der Waals surface area (Å²) in [6.07, 6.45) is 2.27. The smallest absolute Gasteiger partial charge is 0.321 e. The van der Waals surface area contributed by atoms with Gasteiger partial charge in [-0.3, -0.25) is 14.9 Å². The Morgan fingerprint density at radius 1 is 1.20 bits per heavy atom. The molecule has 0 aliphatic carbocycles. The van der Waals surface area contributed by atoms with E-state index in [0.717, 1.165) is 28.5 Å². The molecule has 7 heteroatoms. The number of furan rings is 1. The van der Waals surface area contributed by atoms with Gasteiger partial charge < -0.3 is 14.5 Å². The van der Waals surface area contributed by atoms with E-state index in [9.17, 15) is 14.4 Å². The molecule has 0 saturated heterocycles. The van der Waals surface area contributed by atoms with E-state index in [4.69, 9.17) is 9.15 Å². The highest BCUT2D eigenvalue weighted by atomic mass is 16.5. The molecule has 7 nitrogen and oxygen atoms in total. The Morgan fingerprint density at radius 2 is 1.96 bits per heavy atom. The summed E-state index contributed by atoms with van der Waals surface area (Å²) >= 11 is 0. The number of urea groups is 1. The zero-order chi connectivity index (χ0) is 18.4. The van der Waals surface area contributed by atoms with Crippen LogP contribution in [0.1, 0.15) is 30.0 Å². The third kappa shape index (κ3) is 4.82. The number of hydrogen-bond donors (Lipinski definition) is 2. The molecule has 0 saturated carbocycles. The number of ether oxygens (including phenoxy) is 1. The minimum atomic E-state index is -0.675. The molecule has 25 heavy (non-hydrogen) atoms. The van der Waals surface area contributed by atoms with Crippen LogP contribution in [0, 0.1) is 13.8 Å². The third-order valence-electron chi connectivity index (χ3n) is 3.83. The first-order valence-electron chi connectivity index (χ1n) is 8.12. The van der Waals surface area contributed by atoms with Gasteiger partial charge in [0.1, 0.15) is 5.58 Å². The molecular weight excluding hydrogens is 324 g/mol. The quantitative estimate of drug-likeness (QED) is 0.783. The van der Waals surface area contributed by atoms with Crippen molar-refractivity contribution in [3.05, 3.63) is 35.1 Å². The minimum Gasteiger partial charge on any atom is -0.464 e. The molecule has 0 spiro atoms. The highest BCUT2D eigenvalue weighted by molar-refractivity contribution is 5.95. The number of carbonyl (C=O) groups is 3. The van der Waals surface area contributed by atoms with E-state index in [-0.39, 0.29) is 6.42 Å². The minimum absolute atomic E-state index is 0.00911. The maximum absolute atomic E-state index is 11.9. The van der Waals surface area contributed by atoms with Gasteiger partial charge in [0.15, 0.2) is 6.61 Å². The van der Waals surface area contributed by atoms with Crippen molar-refractivity contribution in [1.82, 2.24) is 10.6 Å². The summed E-state index contributed by atoms with van der Waals surface area (Å²) in [5.74, 6) is -1.24. The Labute approximate surface area is 145 Å². The van der Waals surface area contributed by atoms with Crippen LogP contribution in [0.4, 0.5) is 4.79 Å². The average molecular weight is 346 g/mol. The molecule has 0 bridgehead atoms. The van der Waals surface area contributed by atoms with E-state index in [0.29, 0.717) is 12.1 Å². The lowest BCUT2D eigenvalue weighted by molar-refractivity contribution is -0.147. The Kier molecular flexibility index (Phi) is 6.16. The van der Waals surface area contributed by atoms with Crippen LogP contribution in [0.15, 0.2) is 22.8 Å². The highest BCUT2D eigenvalue weighted by Crippen LogP contribution is 2.26. The van der Waals surface area contributed by atoms with Crippen molar-refractivity contribution in [2.24, 2.45) is 0 Å². The second-order valence-corrected chi connectivity index (χ2v) is 5.79. The van der Waals surface area contributed by atoms with Crippen LogP contribution in [-0.2, 0) is 20.7 Å². The maximum Gasteiger partial charge on any atom is 0.321 e. The fourth-order valence-corrected chi connectivity index (χ4v) is 2.32. The summed E-state index contributed by atoms with van der Waals surface area (Å²) in [6, 6.07) is 3.26. The number of amides is 3. The molecule has 0 radical (unpaired) electrons. The number of imide groups is 1. The molecule has 2 rings (SSSR count). The number of fused-ring (bicyclic) bond motifs is 1. The molecule has 1 aromatic heterocycles. The van der Waals surface area contributed by atoms with Crippen LogP contribution in [0.3, 0.4) is 0 Å². The van der Waals surface area contributed by atoms with Gasteiger partial charge in [-0.1, -0.05) is 19.1 Å². The summed E-state index contributed by atoms with van der Waals surface area (Å²) in [7, 11) is 0. The molecule has 3 amide bonds. The summed E-state index contributed by atoms with van der Waals surface area (Å²) < 4.78 is 10.5. The first-order chi connectivity index (χ1) is 11.9. The lowest BCUT2D eigenvalue weighted by Crippen LogP contribution is -2.41. The number of carbonyl (C=O) groups excluding carboxylic acids is 3. The van der Waals surface area contributed by atoms with Crippen molar-refractivity contribution in [2.45, 2.75) is 33.6 Å². The van der Waals surface area contributed by atoms with Crippen molar-refractivity contribution < 1.29 is 23.5 Å². The second-order valence-electron chi connectivity index (χ2n) is 5.79. The molecule has 0 aliphatic heterocycles. The van der Waals surface area contributed by atoms with Gasteiger partial charge in [-0.2, -0.15) is 0 Å². The molecule has 1 aromatic carbocycles. The first-order valence-corrected chi connectivity index (χ1v) is 8.12. The van der Waals surface area contributed by atoms with E-state index >= 15 is 0 Å². The molecular formula is C18H22N2O5. The molecule has 0 unspecified atom stereocenters. The van der Waals surface area contributed by atoms with Gasteiger partial charge in [0.05, 0.1) is 12.7 Å². The van der Waals surface area contributed by atoms with Crippen LogP contribution in [0.2, 0.25) is 0 Å². The van der Waals surface area contributed by atoms with Crippen molar-refractivity contribution in [1.29, 1.82) is 0 Å². The maximum atomic E-state index is 11.9. The average Bonchev–Trinajstić information content (AvgIpc) is 2.98. The van der Waals surface area contributed by atoms with E-state index in [2.05, 4.69) is 10.6 Å². The Hall–Kier alpha value is -2.83. The van der Waals surface area contributed by atoms with E-state index in [1.165, 1.54) is 6.26 Å². The highest BCUT2D eigenvalue weighted by Gasteiger charge is 2.15. The Bertz CT molecular complexity index is 794. The third-order valence-corrected chi connectivity index (χ3v) is 3.83. The normalized spacial score (nSPS) is 10.5. The predicted molar refractivity (Wildman–Crippen MR) is 92.2 cm³/mol. The second kappa shape index (κ2) is 8.32. The lowest BCUT2D eigenvalue weighted by atomic mass is 10.0. The van der Waals surface area contributed by atoms with E-state index in [1.54, 1.807) is 0 Å². The van der Waals surface area contributed by atoms with Crippen molar-refractivity contribution in [2.75, 3.05) is 13.2 Å². The topological polar surface area (TPSA) is 97.6 Å². The standard InChI is InChI=1S/C18H22N2O5/c1-4-7-19-18(23)20-15(21)10-24-16(22)8-13-9-25-17-12(3)11(2)5-6-14(13)17/h5-6,9H,4,7-8,10H2,1-3H3,(H2,19,20,21,23). The monoisotopic (exact) mass is 346 g/mol. The molecule has 1 heterocycles. The van der Waals surface area contributed by atoms with Gasteiger partial charge in [-0.25, -0.2) is 4.79 Å². The fraction of sp³-hybridized carbons (Fsp3) is 0.389. The van der Waals surface area contributed by atoms with E-state index < -0.39 is 24.5 Å². The number of hydrogen-bond acceptors (Lipinski definition) is 5. The van der Waals surface area contributed by atoms with Gasteiger partial charge in [-0.15, -0.1) is 0 Å². The van der Waals surface area contributed by atoms with Gasteiger partial charge in [0.25, 0.3) is 5.91 Å². The van der Waals surface area contributed by atoms with Crippen LogP contribution in [-0.4, -0.2) is 31.1 Å². The van der Waals surface area contributed by atoms with E-state index in [1.807, 2.05) is 32.9 Å². The molecule has 2 N–H and O–H groups in total. The summed E-state index contributed by atoms with van der Waals surface area (Å²) in [5.41, 5.74) is 3.57. The SMILES string of the molecule is CCCNC(=O)NC(=O)COC(=O)Cc1coc2c(C)c(C)ccc12. The van der Waals surface area contributed by atoms with Crippen molar-refractivity contribution in [3.8, 4) is 0 Å². The van der Waals surface area contributed by atoms with Crippen LogP contribution in [0.25, 0.3) is 11.0 Å². The van der Waals surface area contributed by atoms with Crippen LogP contribution in [0.5, 0.6) is 0 Å². The molecule has 134 valence electrons. The lowest BCUT2D eigenvalue weighted by Gasteiger charge is -2.06. The fourth-order valence-electron chi connectivity index (χ4n) is 2.32. The number of benzene rings is 1. The molecule has 2 aromatic rings. The van der Waals surface area contributed by atoms with Gasteiger partial charge in [-0.05, 0) is 31.4 Å². The largest absolute Gasteiger partial charge is 0.464 e. The number of rotatable bonds is 6. The molecule has 0 fully saturated rings. The summed E-state index contributed by atoms with van der Waals surface area (Å²) in [4.78, 5) is 34.8. The Balaban J connectivity index is 1.88. The van der Waals surface area contributed by atoms with Crippen molar-refractivity contribution >= 4 is 28.9 Å². The zero-order valence-electron chi connectivity index (χ0n) is 14.6. The number of esters is 1. The summed E-state index contributed by atoms with van der Waals surface area (Å²) in [6.45, 7) is 5.79. The molecule has 0 aliphatic rings. The summed E-state index contributed by atoms with van der Waals surface area (Å²) in [5, 5.41) is 5.43. The first kappa shape index (κ1) is 18.5. The number of nitrogens with one attached hydrogen (secondary N) is 2. The van der Waals surface area contributed by atoms with Crippen molar-refractivity contribution in [3.63, 3.8) is 0 Å². The Morgan fingerprint density at radius 3 is 2.68 bits per heavy atom. The number of aryl methyl sites for hydroxylation is 2. The zero-order valence-corrected chi connectivity index (χ0v) is 14.6. The van der Waals surface area contributed by atoms with Crippen LogP contribution < -0.4 is 10.6 Å². The van der Waals surface area contributed by atoms with Crippen LogP contribution >= 0.6 is 0 Å². The van der Waals surface area contributed by atoms with Gasteiger partial charge in [0, 0.05) is 17.5 Å². The van der Waals surface area contributed by atoms with Gasteiger partial charge in [0.2, 0.25) is 0 Å². The molecule has 0 atom stereocenters.